The van der Waals surface area contributed by atoms with Crippen molar-refractivity contribution in [3.05, 3.63) is 35.9 Å². The monoisotopic (exact) mass is 245 g/mol. The van der Waals surface area contributed by atoms with Gasteiger partial charge in [-0.1, -0.05) is 36.8 Å². The lowest BCUT2D eigenvalue weighted by Crippen LogP contribution is -2.44. The average molecular weight is 245 g/mol. The molecule has 0 N–H and O–H groups in total. The number of benzene rings is 1. The summed E-state index contributed by atoms with van der Waals surface area (Å²) in [4.78, 5) is 14.6. The first kappa shape index (κ1) is 13.3. The van der Waals surface area contributed by atoms with Gasteiger partial charge in [0, 0.05) is 30.6 Å². The van der Waals surface area contributed by atoms with Crippen molar-refractivity contribution >= 4 is 5.78 Å². The number of carbonyl (C=O) groups is 1. The van der Waals surface area contributed by atoms with E-state index in [1.165, 1.54) is 19.3 Å². The number of Topliss-reactive ketones (excluding diaryl/α,β-unsaturated/α-hetero) is 1. The van der Waals surface area contributed by atoms with E-state index in [1.807, 2.05) is 30.3 Å². The molecule has 1 fully saturated rings. The van der Waals surface area contributed by atoms with E-state index in [1.54, 1.807) is 0 Å². The van der Waals surface area contributed by atoms with Crippen LogP contribution < -0.4 is 0 Å². The molecule has 0 bridgehead atoms. The third-order valence-corrected chi connectivity index (χ3v) is 4.07. The molecule has 2 atom stereocenters. The normalized spacial score (nSPS) is 25.0. The van der Waals surface area contributed by atoms with Crippen molar-refractivity contribution in [3.8, 4) is 0 Å². The van der Waals surface area contributed by atoms with Gasteiger partial charge in [0.1, 0.15) is 0 Å². The van der Waals surface area contributed by atoms with Crippen LogP contribution in [0.5, 0.6) is 0 Å². The molecule has 2 unspecified atom stereocenters. The van der Waals surface area contributed by atoms with Gasteiger partial charge in [-0.15, -0.1) is 0 Å². The molecule has 1 aromatic rings. The third kappa shape index (κ3) is 3.20. The van der Waals surface area contributed by atoms with Crippen LogP contribution in [-0.2, 0) is 0 Å². The molecule has 0 saturated carbocycles. The van der Waals surface area contributed by atoms with Crippen molar-refractivity contribution in [2.45, 2.75) is 51.6 Å². The zero-order valence-electron chi connectivity index (χ0n) is 11.4. The van der Waals surface area contributed by atoms with Crippen LogP contribution in [0.2, 0.25) is 0 Å². The summed E-state index contributed by atoms with van der Waals surface area (Å²) >= 11 is 0. The Bertz CT molecular complexity index is 377. The Labute approximate surface area is 110 Å². The number of hydrogen-bond donors (Lipinski definition) is 0. The zero-order chi connectivity index (χ0) is 13.0. The lowest BCUT2D eigenvalue weighted by molar-refractivity contribution is 0.0839. The predicted molar refractivity (Wildman–Crippen MR) is 74.9 cm³/mol. The Hall–Kier alpha value is -1.15. The SMILES string of the molecule is CC1CCCC(C)N1CCC(=O)c1ccccc1. The van der Waals surface area contributed by atoms with Gasteiger partial charge in [0.05, 0.1) is 0 Å². The van der Waals surface area contributed by atoms with Crippen LogP contribution in [0.1, 0.15) is 49.9 Å². The van der Waals surface area contributed by atoms with Crippen molar-refractivity contribution in [1.82, 2.24) is 4.90 Å². The van der Waals surface area contributed by atoms with E-state index in [2.05, 4.69) is 18.7 Å². The minimum Gasteiger partial charge on any atom is -0.298 e. The molecule has 2 rings (SSSR count). The smallest absolute Gasteiger partial charge is 0.164 e. The van der Waals surface area contributed by atoms with Gasteiger partial charge < -0.3 is 0 Å². The van der Waals surface area contributed by atoms with Crippen molar-refractivity contribution < 1.29 is 4.79 Å². The third-order valence-electron chi connectivity index (χ3n) is 4.07. The second-order valence-corrected chi connectivity index (χ2v) is 5.41. The van der Waals surface area contributed by atoms with Gasteiger partial charge >= 0.3 is 0 Å². The Morgan fingerprint density at radius 1 is 1.17 bits per heavy atom. The van der Waals surface area contributed by atoms with Gasteiger partial charge in [-0.2, -0.15) is 0 Å². The van der Waals surface area contributed by atoms with Gasteiger partial charge in [0.25, 0.3) is 0 Å². The summed E-state index contributed by atoms with van der Waals surface area (Å²) in [6, 6.07) is 10.9. The van der Waals surface area contributed by atoms with Gasteiger partial charge in [0.15, 0.2) is 5.78 Å². The molecule has 0 aromatic heterocycles. The number of likely N-dealkylation sites (tertiary alicyclic amines) is 1. The van der Waals surface area contributed by atoms with Crippen LogP contribution >= 0.6 is 0 Å². The highest BCUT2D eigenvalue weighted by Crippen LogP contribution is 2.22. The van der Waals surface area contributed by atoms with Crippen LogP contribution in [0.25, 0.3) is 0 Å². The Kier molecular flexibility index (Phi) is 4.54. The highest BCUT2D eigenvalue weighted by molar-refractivity contribution is 5.96. The van der Waals surface area contributed by atoms with Gasteiger partial charge in [0.2, 0.25) is 0 Å². The van der Waals surface area contributed by atoms with Crippen LogP contribution in [-0.4, -0.2) is 29.3 Å². The van der Waals surface area contributed by atoms with Crippen molar-refractivity contribution in [2.24, 2.45) is 0 Å². The van der Waals surface area contributed by atoms with Crippen molar-refractivity contribution in [3.63, 3.8) is 0 Å². The molecule has 0 spiro atoms. The van der Waals surface area contributed by atoms with E-state index in [-0.39, 0.29) is 5.78 Å². The molecule has 18 heavy (non-hydrogen) atoms. The summed E-state index contributed by atoms with van der Waals surface area (Å²) in [7, 11) is 0. The van der Waals surface area contributed by atoms with Gasteiger partial charge in [-0.25, -0.2) is 0 Å². The number of carbonyl (C=O) groups excluding carboxylic acids is 1. The maximum atomic E-state index is 12.1. The molecule has 1 aliphatic heterocycles. The summed E-state index contributed by atoms with van der Waals surface area (Å²) in [5.74, 6) is 0.264. The van der Waals surface area contributed by atoms with Gasteiger partial charge in [-0.3, -0.25) is 9.69 Å². The minimum atomic E-state index is 0.264. The summed E-state index contributed by atoms with van der Waals surface area (Å²) in [5, 5.41) is 0. The Morgan fingerprint density at radius 2 is 1.78 bits per heavy atom. The standard InChI is InChI=1S/C16H23NO/c1-13-7-6-8-14(2)17(13)12-11-16(18)15-9-4-3-5-10-15/h3-5,9-10,13-14H,6-8,11-12H2,1-2H3. The molecule has 98 valence electrons. The fourth-order valence-corrected chi connectivity index (χ4v) is 2.91. The molecular formula is C16H23NO. The maximum absolute atomic E-state index is 12.1. The largest absolute Gasteiger partial charge is 0.298 e. The fraction of sp³-hybridized carbons (Fsp3) is 0.562. The Balaban J connectivity index is 1.89. The van der Waals surface area contributed by atoms with Crippen LogP contribution in [0.3, 0.4) is 0 Å². The van der Waals surface area contributed by atoms with E-state index in [0.29, 0.717) is 18.5 Å². The first-order valence-electron chi connectivity index (χ1n) is 7.02. The van der Waals surface area contributed by atoms with E-state index in [9.17, 15) is 4.79 Å². The molecule has 1 heterocycles. The van der Waals surface area contributed by atoms with Crippen molar-refractivity contribution in [2.75, 3.05) is 6.54 Å². The first-order chi connectivity index (χ1) is 8.68. The Morgan fingerprint density at radius 3 is 2.39 bits per heavy atom. The topological polar surface area (TPSA) is 20.3 Å². The van der Waals surface area contributed by atoms with Crippen molar-refractivity contribution in [1.29, 1.82) is 0 Å². The number of ketones is 1. The highest BCUT2D eigenvalue weighted by atomic mass is 16.1. The minimum absolute atomic E-state index is 0.264. The predicted octanol–water partition coefficient (Wildman–Crippen LogP) is 3.52. The highest BCUT2D eigenvalue weighted by Gasteiger charge is 2.24. The van der Waals surface area contributed by atoms with E-state index in [4.69, 9.17) is 0 Å². The summed E-state index contributed by atoms with van der Waals surface area (Å²) in [6.07, 6.45) is 4.50. The molecule has 0 aliphatic carbocycles. The molecule has 0 amide bonds. The molecule has 2 nitrogen and oxygen atoms in total. The lowest BCUT2D eigenvalue weighted by atomic mass is 9.96. The average Bonchev–Trinajstić information content (AvgIpc) is 2.39. The molecule has 0 radical (unpaired) electrons. The fourth-order valence-electron chi connectivity index (χ4n) is 2.91. The molecule has 1 aromatic carbocycles. The van der Waals surface area contributed by atoms with E-state index < -0.39 is 0 Å². The second-order valence-electron chi connectivity index (χ2n) is 5.41. The van der Waals surface area contributed by atoms with Gasteiger partial charge in [-0.05, 0) is 26.7 Å². The van der Waals surface area contributed by atoms with E-state index >= 15 is 0 Å². The number of rotatable bonds is 4. The molecule has 2 heteroatoms. The van der Waals surface area contributed by atoms with Crippen LogP contribution in [0, 0.1) is 0 Å². The van der Waals surface area contributed by atoms with Crippen LogP contribution in [0.15, 0.2) is 30.3 Å². The lowest BCUT2D eigenvalue weighted by Gasteiger charge is -2.38. The first-order valence-corrected chi connectivity index (χ1v) is 7.02. The maximum Gasteiger partial charge on any atom is 0.164 e. The number of piperidine rings is 1. The quantitative estimate of drug-likeness (QED) is 0.756. The summed E-state index contributed by atoms with van der Waals surface area (Å²) < 4.78 is 0. The zero-order valence-corrected chi connectivity index (χ0v) is 11.4. The summed E-state index contributed by atoms with van der Waals surface area (Å²) in [5.41, 5.74) is 0.842. The van der Waals surface area contributed by atoms with E-state index in [0.717, 1.165) is 12.1 Å². The van der Waals surface area contributed by atoms with Crippen LogP contribution in [0.4, 0.5) is 0 Å². The summed E-state index contributed by atoms with van der Waals surface area (Å²) in [6.45, 7) is 5.46. The number of hydrogen-bond acceptors (Lipinski definition) is 2. The second kappa shape index (κ2) is 6.14. The molecular weight excluding hydrogens is 222 g/mol. The molecule has 1 aliphatic rings. The molecule has 1 saturated heterocycles. The number of nitrogens with zero attached hydrogens (tertiary/aromatic N) is 1.